The molecule has 148 valence electrons. The second kappa shape index (κ2) is 8.34. The molecule has 0 aliphatic carbocycles. The van der Waals surface area contributed by atoms with Gasteiger partial charge in [-0.15, -0.1) is 0 Å². The third-order valence-corrected chi connectivity index (χ3v) is 5.83. The van der Waals surface area contributed by atoms with Crippen LogP contribution in [0.4, 0.5) is 9.52 Å². The highest BCUT2D eigenvalue weighted by atomic mass is 32.1. The molecule has 1 amide bonds. The normalized spacial score (nSPS) is 15.2. The van der Waals surface area contributed by atoms with Gasteiger partial charge in [-0.05, 0) is 24.6 Å². The zero-order chi connectivity index (χ0) is 19.5. The molecule has 4 rings (SSSR count). The summed E-state index contributed by atoms with van der Waals surface area (Å²) >= 11 is 1.32. The number of aryl methyl sites for hydroxylation is 1. The Morgan fingerprint density at radius 1 is 1.36 bits per heavy atom. The van der Waals surface area contributed by atoms with Gasteiger partial charge in [0.2, 0.25) is 0 Å². The minimum absolute atomic E-state index is 0.200. The Bertz CT molecular complexity index is 966. The van der Waals surface area contributed by atoms with Gasteiger partial charge in [0.15, 0.2) is 11.0 Å². The molecule has 7 nitrogen and oxygen atoms in total. The molecule has 1 aliphatic rings. The lowest BCUT2D eigenvalue weighted by Gasteiger charge is -2.27. The van der Waals surface area contributed by atoms with Crippen LogP contribution in [0.5, 0.6) is 0 Å². The van der Waals surface area contributed by atoms with Crippen molar-refractivity contribution in [2.75, 3.05) is 44.3 Å². The molecule has 0 bridgehead atoms. The standard InChI is InChI=1S/C19H22FN5O2S/c1-23-8-5-21-17(23)18(26)25(7-2-6-24-9-11-27-12-10-24)19-22-15-4-3-14(20)13-16(15)28-19/h3-5,8,13H,2,6-7,9-12H2,1H3. The Morgan fingerprint density at radius 3 is 2.93 bits per heavy atom. The number of halogens is 1. The summed E-state index contributed by atoms with van der Waals surface area (Å²) in [6.45, 7) is 4.72. The van der Waals surface area contributed by atoms with Crippen molar-refractivity contribution < 1.29 is 13.9 Å². The van der Waals surface area contributed by atoms with Gasteiger partial charge >= 0.3 is 0 Å². The van der Waals surface area contributed by atoms with E-state index >= 15 is 0 Å². The molecule has 1 aliphatic heterocycles. The van der Waals surface area contributed by atoms with Gasteiger partial charge in [0.05, 0.1) is 23.4 Å². The molecule has 0 radical (unpaired) electrons. The molecular formula is C19H22FN5O2S. The molecule has 2 aromatic heterocycles. The van der Waals surface area contributed by atoms with Crippen LogP contribution in [-0.4, -0.2) is 64.7 Å². The van der Waals surface area contributed by atoms with E-state index in [0.717, 1.165) is 44.0 Å². The Hall–Kier alpha value is -2.36. The highest BCUT2D eigenvalue weighted by molar-refractivity contribution is 7.22. The molecule has 1 saturated heterocycles. The van der Waals surface area contributed by atoms with Crippen molar-refractivity contribution in [3.05, 3.63) is 42.2 Å². The number of aromatic nitrogens is 3. The molecule has 9 heteroatoms. The number of thiazole rings is 1. The Labute approximate surface area is 166 Å². The Kier molecular flexibility index (Phi) is 5.65. The number of morpholine rings is 1. The lowest BCUT2D eigenvalue weighted by molar-refractivity contribution is 0.0376. The van der Waals surface area contributed by atoms with E-state index in [1.807, 2.05) is 0 Å². The van der Waals surface area contributed by atoms with Crippen LogP contribution in [0.15, 0.2) is 30.6 Å². The van der Waals surface area contributed by atoms with E-state index in [0.29, 0.717) is 23.0 Å². The quantitative estimate of drug-likeness (QED) is 0.633. The Morgan fingerprint density at radius 2 is 2.18 bits per heavy atom. The van der Waals surface area contributed by atoms with Crippen molar-refractivity contribution >= 4 is 32.6 Å². The van der Waals surface area contributed by atoms with Crippen LogP contribution >= 0.6 is 11.3 Å². The van der Waals surface area contributed by atoms with Crippen LogP contribution in [0.25, 0.3) is 10.2 Å². The zero-order valence-electron chi connectivity index (χ0n) is 15.7. The monoisotopic (exact) mass is 403 g/mol. The highest BCUT2D eigenvalue weighted by Gasteiger charge is 2.24. The van der Waals surface area contributed by atoms with E-state index in [2.05, 4.69) is 14.9 Å². The number of hydrogen-bond donors (Lipinski definition) is 0. The maximum Gasteiger partial charge on any atom is 0.296 e. The first kappa shape index (κ1) is 19.0. The van der Waals surface area contributed by atoms with Crippen LogP contribution in [0.1, 0.15) is 17.0 Å². The molecule has 0 spiro atoms. The van der Waals surface area contributed by atoms with Crippen LogP contribution < -0.4 is 4.90 Å². The maximum absolute atomic E-state index is 13.6. The maximum atomic E-state index is 13.6. The van der Waals surface area contributed by atoms with Crippen molar-refractivity contribution in [2.45, 2.75) is 6.42 Å². The minimum Gasteiger partial charge on any atom is -0.379 e. The first-order valence-electron chi connectivity index (χ1n) is 9.27. The van der Waals surface area contributed by atoms with E-state index < -0.39 is 0 Å². The van der Waals surface area contributed by atoms with Crippen molar-refractivity contribution in [3.63, 3.8) is 0 Å². The van der Waals surface area contributed by atoms with Crippen LogP contribution in [0, 0.1) is 5.82 Å². The smallest absolute Gasteiger partial charge is 0.296 e. The molecule has 28 heavy (non-hydrogen) atoms. The lowest BCUT2D eigenvalue weighted by atomic mass is 10.3. The van der Waals surface area contributed by atoms with E-state index in [9.17, 15) is 9.18 Å². The number of nitrogens with zero attached hydrogens (tertiary/aromatic N) is 5. The second-order valence-electron chi connectivity index (χ2n) is 6.73. The second-order valence-corrected chi connectivity index (χ2v) is 7.74. The predicted octanol–water partition coefficient (Wildman–Crippen LogP) is 2.54. The summed E-state index contributed by atoms with van der Waals surface area (Å²) in [6, 6.07) is 4.48. The SMILES string of the molecule is Cn1ccnc1C(=O)N(CCCN1CCOCC1)c1nc2ccc(F)cc2s1. The third-order valence-electron chi connectivity index (χ3n) is 4.79. The molecule has 0 unspecified atom stereocenters. The van der Waals surface area contributed by atoms with Gasteiger partial charge in [0, 0.05) is 45.6 Å². The summed E-state index contributed by atoms with van der Waals surface area (Å²) in [6.07, 6.45) is 4.15. The lowest BCUT2D eigenvalue weighted by Crippen LogP contribution is -2.39. The van der Waals surface area contributed by atoms with Gasteiger partial charge in [-0.25, -0.2) is 14.4 Å². The average Bonchev–Trinajstić information content (AvgIpc) is 3.31. The fourth-order valence-corrected chi connectivity index (χ4v) is 4.27. The van der Waals surface area contributed by atoms with Crippen LogP contribution in [0.3, 0.4) is 0 Å². The number of fused-ring (bicyclic) bond motifs is 1. The summed E-state index contributed by atoms with van der Waals surface area (Å²) < 4.78 is 21.4. The van der Waals surface area contributed by atoms with Crippen molar-refractivity contribution in [3.8, 4) is 0 Å². The zero-order valence-corrected chi connectivity index (χ0v) is 16.5. The van der Waals surface area contributed by atoms with Gasteiger partial charge in [0.1, 0.15) is 5.82 Å². The van der Waals surface area contributed by atoms with E-state index in [4.69, 9.17) is 4.74 Å². The summed E-state index contributed by atoms with van der Waals surface area (Å²) in [4.78, 5) is 25.9. The first-order chi connectivity index (χ1) is 13.6. The topological polar surface area (TPSA) is 63.5 Å². The summed E-state index contributed by atoms with van der Waals surface area (Å²) in [7, 11) is 1.79. The molecule has 1 aromatic carbocycles. The van der Waals surface area contributed by atoms with Crippen LogP contribution in [-0.2, 0) is 11.8 Å². The number of anilines is 1. The van der Waals surface area contributed by atoms with Gasteiger partial charge in [-0.3, -0.25) is 14.6 Å². The van der Waals surface area contributed by atoms with E-state index in [-0.39, 0.29) is 11.7 Å². The molecule has 0 N–H and O–H groups in total. The number of benzene rings is 1. The van der Waals surface area contributed by atoms with Gasteiger partial charge < -0.3 is 9.30 Å². The largest absolute Gasteiger partial charge is 0.379 e. The number of amides is 1. The molecular weight excluding hydrogens is 381 g/mol. The number of hydrogen-bond acceptors (Lipinski definition) is 6. The fourth-order valence-electron chi connectivity index (χ4n) is 3.26. The van der Waals surface area contributed by atoms with E-state index in [1.165, 1.54) is 23.5 Å². The number of imidazole rings is 1. The Balaban J connectivity index is 1.56. The third kappa shape index (κ3) is 4.06. The molecule has 3 heterocycles. The fraction of sp³-hybridized carbons (Fsp3) is 0.421. The number of rotatable bonds is 6. The van der Waals surface area contributed by atoms with Crippen LogP contribution in [0.2, 0.25) is 0 Å². The average molecular weight is 403 g/mol. The molecule has 0 atom stereocenters. The number of carbonyl (C=O) groups is 1. The summed E-state index contributed by atoms with van der Waals surface area (Å²) in [5, 5.41) is 0.565. The molecule has 3 aromatic rings. The van der Waals surface area contributed by atoms with Gasteiger partial charge in [-0.1, -0.05) is 11.3 Å². The summed E-state index contributed by atoms with van der Waals surface area (Å²) in [5.41, 5.74) is 0.687. The van der Waals surface area contributed by atoms with E-state index in [1.54, 1.807) is 35.0 Å². The van der Waals surface area contributed by atoms with Crippen molar-refractivity contribution in [1.29, 1.82) is 0 Å². The summed E-state index contributed by atoms with van der Waals surface area (Å²) in [5.74, 6) is -0.150. The number of carbonyl (C=O) groups excluding carboxylic acids is 1. The highest BCUT2D eigenvalue weighted by Crippen LogP contribution is 2.30. The van der Waals surface area contributed by atoms with Crippen molar-refractivity contribution in [1.82, 2.24) is 19.4 Å². The van der Waals surface area contributed by atoms with Gasteiger partial charge in [0.25, 0.3) is 5.91 Å². The first-order valence-corrected chi connectivity index (χ1v) is 10.1. The minimum atomic E-state index is -0.308. The number of ether oxygens (including phenoxy) is 1. The predicted molar refractivity (Wildman–Crippen MR) is 106 cm³/mol. The van der Waals surface area contributed by atoms with Crippen molar-refractivity contribution in [2.24, 2.45) is 7.05 Å². The van der Waals surface area contributed by atoms with Gasteiger partial charge in [-0.2, -0.15) is 0 Å². The molecule has 1 fully saturated rings. The molecule has 0 saturated carbocycles.